The van der Waals surface area contributed by atoms with Crippen LogP contribution in [-0.2, 0) is 10.0 Å². The first kappa shape index (κ1) is 20.1. The number of hydrogen-bond donors (Lipinski definition) is 2. The largest absolute Gasteiger partial charge is 0.478 e. The molecule has 0 aliphatic carbocycles. The van der Waals surface area contributed by atoms with Crippen molar-refractivity contribution in [2.24, 2.45) is 0 Å². The molecule has 0 unspecified atom stereocenters. The van der Waals surface area contributed by atoms with Gasteiger partial charge < -0.3 is 10.0 Å². The van der Waals surface area contributed by atoms with E-state index >= 15 is 0 Å². The van der Waals surface area contributed by atoms with Gasteiger partial charge in [-0.2, -0.15) is 0 Å². The van der Waals surface area contributed by atoms with E-state index in [9.17, 15) is 22.7 Å². The van der Waals surface area contributed by atoms with Gasteiger partial charge in [-0.25, -0.2) is 22.6 Å². The predicted molar refractivity (Wildman–Crippen MR) is 104 cm³/mol. The van der Waals surface area contributed by atoms with Crippen LogP contribution in [-0.4, -0.2) is 37.6 Å². The van der Waals surface area contributed by atoms with Crippen LogP contribution >= 0.6 is 0 Å². The molecule has 1 aromatic heterocycles. The number of pyridine rings is 1. The third-order valence-corrected chi connectivity index (χ3v) is 6.03. The highest BCUT2D eigenvalue weighted by molar-refractivity contribution is 7.92. The zero-order chi connectivity index (χ0) is 20.1. The fourth-order valence-corrected chi connectivity index (χ4v) is 4.24. The lowest BCUT2D eigenvalue weighted by Gasteiger charge is -2.27. The van der Waals surface area contributed by atoms with Crippen molar-refractivity contribution in [1.82, 2.24) is 4.98 Å². The van der Waals surface area contributed by atoms with Crippen LogP contribution in [0.3, 0.4) is 0 Å². The molecule has 2 aromatic rings. The molecule has 2 heterocycles. The van der Waals surface area contributed by atoms with Crippen molar-refractivity contribution in [3.63, 3.8) is 0 Å². The number of carbonyl (C=O) groups is 1. The summed E-state index contributed by atoms with van der Waals surface area (Å²) < 4.78 is 40.2. The van der Waals surface area contributed by atoms with Crippen LogP contribution < -0.4 is 9.62 Å². The Morgan fingerprint density at radius 2 is 1.68 bits per heavy atom. The first-order valence-corrected chi connectivity index (χ1v) is 10.6. The number of nitrogens with zero attached hydrogens (tertiary/aromatic N) is 2. The third kappa shape index (κ3) is 4.78. The molecular formula is C19H22FN3O4S. The van der Waals surface area contributed by atoms with E-state index in [1.807, 2.05) is 4.90 Å². The van der Waals surface area contributed by atoms with Crippen LogP contribution in [0.25, 0.3) is 0 Å². The summed E-state index contributed by atoms with van der Waals surface area (Å²) >= 11 is 0. The molecule has 7 nitrogen and oxygen atoms in total. The first-order chi connectivity index (χ1) is 13.4. The quantitative estimate of drug-likeness (QED) is 0.787. The molecule has 9 heteroatoms. The average molecular weight is 407 g/mol. The minimum absolute atomic E-state index is 0.0394. The van der Waals surface area contributed by atoms with Crippen LogP contribution in [0.4, 0.5) is 15.9 Å². The van der Waals surface area contributed by atoms with E-state index in [2.05, 4.69) is 9.71 Å². The summed E-state index contributed by atoms with van der Waals surface area (Å²) in [5, 5.41) is 9.61. The van der Waals surface area contributed by atoms with E-state index in [1.54, 1.807) is 0 Å². The molecule has 2 N–H and O–H groups in total. The number of aromatic carboxylic acids is 1. The van der Waals surface area contributed by atoms with E-state index in [-0.39, 0.29) is 16.1 Å². The molecular weight excluding hydrogens is 385 g/mol. The number of benzene rings is 1. The summed E-state index contributed by atoms with van der Waals surface area (Å²) in [6.07, 6.45) is 6.58. The predicted octanol–water partition coefficient (Wildman–Crippen LogP) is 3.49. The number of carboxylic acids is 1. The van der Waals surface area contributed by atoms with Gasteiger partial charge >= 0.3 is 5.97 Å². The summed E-state index contributed by atoms with van der Waals surface area (Å²) in [4.78, 5) is 17.8. The normalized spacial score (nSPS) is 15.5. The van der Waals surface area contributed by atoms with Crippen LogP contribution in [0, 0.1) is 5.82 Å². The third-order valence-electron chi connectivity index (χ3n) is 4.63. The summed E-state index contributed by atoms with van der Waals surface area (Å²) in [5.41, 5.74) is -0.0163. The lowest BCUT2D eigenvalue weighted by molar-refractivity contribution is 0.0697. The second kappa shape index (κ2) is 8.55. The molecule has 0 bridgehead atoms. The fraction of sp³-hybridized carbons (Fsp3) is 0.368. The summed E-state index contributed by atoms with van der Waals surface area (Å²) in [6.45, 7) is 1.43. The van der Waals surface area contributed by atoms with Crippen molar-refractivity contribution >= 4 is 27.5 Å². The monoisotopic (exact) mass is 407 g/mol. The second-order valence-corrected chi connectivity index (χ2v) is 8.40. The maximum atomic E-state index is 13.0. The van der Waals surface area contributed by atoms with Crippen molar-refractivity contribution in [2.45, 2.75) is 37.0 Å². The van der Waals surface area contributed by atoms with Gasteiger partial charge in [-0.05, 0) is 43.2 Å². The van der Waals surface area contributed by atoms with E-state index in [1.165, 1.54) is 18.7 Å². The number of nitrogens with one attached hydrogen (secondary N) is 1. The van der Waals surface area contributed by atoms with Gasteiger partial charge in [0.2, 0.25) is 0 Å². The molecule has 0 radical (unpaired) electrons. The Kier molecular flexibility index (Phi) is 6.13. The second-order valence-electron chi connectivity index (χ2n) is 6.71. The highest BCUT2D eigenvalue weighted by Gasteiger charge is 2.21. The molecule has 0 spiro atoms. The number of hydrogen-bond acceptors (Lipinski definition) is 5. The molecule has 0 saturated carbocycles. The summed E-state index contributed by atoms with van der Waals surface area (Å²) in [6, 6.07) is 5.63. The van der Waals surface area contributed by atoms with E-state index in [4.69, 9.17) is 0 Å². The maximum Gasteiger partial charge on any atom is 0.339 e. The van der Waals surface area contributed by atoms with Crippen molar-refractivity contribution in [3.05, 3.63) is 47.9 Å². The smallest absolute Gasteiger partial charge is 0.339 e. The molecule has 1 fully saturated rings. The molecule has 3 rings (SSSR count). The Balaban J connectivity index is 1.88. The number of aromatic nitrogens is 1. The van der Waals surface area contributed by atoms with E-state index < -0.39 is 21.8 Å². The minimum atomic E-state index is -3.98. The Morgan fingerprint density at radius 3 is 2.29 bits per heavy atom. The van der Waals surface area contributed by atoms with Gasteiger partial charge in [0.05, 0.1) is 16.8 Å². The molecule has 28 heavy (non-hydrogen) atoms. The van der Waals surface area contributed by atoms with Gasteiger partial charge in [0, 0.05) is 13.1 Å². The van der Waals surface area contributed by atoms with E-state index in [0.717, 1.165) is 49.9 Å². The first-order valence-electron chi connectivity index (χ1n) is 9.13. The van der Waals surface area contributed by atoms with E-state index in [0.29, 0.717) is 18.9 Å². The lowest BCUT2D eigenvalue weighted by Crippen LogP contribution is -2.29. The van der Waals surface area contributed by atoms with Gasteiger partial charge in [-0.1, -0.05) is 19.3 Å². The highest BCUT2D eigenvalue weighted by Crippen LogP contribution is 2.25. The van der Waals surface area contributed by atoms with Gasteiger partial charge in [0.1, 0.15) is 17.2 Å². The van der Waals surface area contributed by atoms with Gasteiger partial charge in [-0.15, -0.1) is 0 Å². The molecule has 0 atom stereocenters. The fourth-order valence-electron chi connectivity index (χ4n) is 3.21. The van der Waals surface area contributed by atoms with Crippen molar-refractivity contribution in [3.8, 4) is 0 Å². The number of sulfonamides is 1. The van der Waals surface area contributed by atoms with Gasteiger partial charge in [-0.3, -0.25) is 4.72 Å². The molecule has 1 aliphatic rings. The number of halogens is 1. The van der Waals surface area contributed by atoms with Crippen molar-refractivity contribution in [1.29, 1.82) is 0 Å². The van der Waals surface area contributed by atoms with Crippen LogP contribution in [0.2, 0.25) is 0 Å². The SMILES string of the molecule is O=C(O)c1cc(NS(=O)(=O)c2ccc(F)cc2)cnc1N1CCCCCCC1. The Bertz CT molecular complexity index is 940. The number of carboxylic acid groups (broad SMARTS) is 1. The zero-order valence-electron chi connectivity index (χ0n) is 15.3. The Hall–Kier alpha value is -2.68. The highest BCUT2D eigenvalue weighted by atomic mass is 32.2. The van der Waals surface area contributed by atoms with Crippen LogP contribution in [0.1, 0.15) is 42.5 Å². The molecule has 150 valence electrons. The standard InChI is InChI=1S/C19H22FN3O4S/c20-14-6-8-16(9-7-14)28(26,27)22-15-12-17(19(24)25)18(21-13-15)23-10-4-2-1-3-5-11-23/h6-9,12-13,22H,1-5,10-11H2,(H,24,25). The molecule has 1 aromatic carbocycles. The van der Waals surface area contributed by atoms with Crippen molar-refractivity contribution < 1.29 is 22.7 Å². The molecule has 1 saturated heterocycles. The Labute approximate surface area is 163 Å². The number of anilines is 2. The molecule has 0 amide bonds. The van der Waals surface area contributed by atoms with Crippen molar-refractivity contribution in [2.75, 3.05) is 22.7 Å². The Morgan fingerprint density at radius 1 is 1.07 bits per heavy atom. The summed E-state index contributed by atoms with van der Waals surface area (Å²) in [7, 11) is -3.98. The average Bonchev–Trinajstić information content (AvgIpc) is 2.62. The van der Waals surface area contributed by atoms with Gasteiger partial charge in [0.15, 0.2) is 0 Å². The zero-order valence-corrected chi connectivity index (χ0v) is 16.1. The lowest BCUT2D eigenvalue weighted by atomic mass is 10.1. The topological polar surface area (TPSA) is 99.6 Å². The number of rotatable bonds is 5. The molecule has 1 aliphatic heterocycles. The van der Waals surface area contributed by atoms with Gasteiger partial charge in [0.25, 0.3) is 10.0 Å². The van der Waals surface area contributed by atoms with Crippen LogP contribution in [0.15, 0.2) is 41.4 Å². The minimum Gasteiger partial charge on any atom is -0.478 e. The maximum absolute atomic E-state index is 13.0. The summed E-state index contributed by atoms with van der Waals surface area (Å²) in [5.74, 6) is -1.38. The van der Waals surface area contributed by atoms with Crippen LogP contribution in [0.5, 0.6) is 0 Å².